The molecule has 1 aliphatic heterocycles. The third-order valence-corrected chi connectivity index (χ3v) is 4.19. The number of benzene rings is 1. The molecule has 1 aromatic heterocycles. The summed E-state index contributed by atoms with van der Waals surface area (Å²) in [5, 5.41) is 7.41. The van der Waals surface area contributed by atoms with E-state index in [0.29, 0.717) is 0 Å². The molecule has 0 atom stereocenters. The lowest BCUT2D eigenvalue weighted by Gasteiger charge is -2.33. The fourth-order valence-corrected chi connectivity index (χ4v) is 2.73. The maximum atomic E-state index is 6.22. The molecule has 23 heavy (non-hydrogen) atoms. The maximum absolute atomic E-state index is 6.22. The number of furan rings is 1. The average molecular weight is 330 g/mol. The van der Waals surface area contributed by atoms with Crippen molar-refractivity contribution in [1.82, 2.24) is 9.91 Å². The van der Waals surface area contributed by atoms with Crippen LogP contribution in [0.4, 0.5) is 0 Å². The molecular formula is C18H20ClN3O. The van der Waals surface area contributed by atoms with Crippen molar-refractivity contribution in [3.8, 4) is 0 Å². The molecule has 0 unspecified atom stereocenters. The molecule has 1 aromatic carbocycles. The molecule has 0 saturated carbocycles. The highest BCUT2D eigenvalue weighted by Crippen LogP contribution is 2.17. The van der Waals surface area contributed by atoms with Gasteiger partial charge in [0, 0.05) is 44.0 Å². The average Bonchev–Trinajstić information content (AvgIpc) is 3.09. The molecule has 120 valence electrons. The molecule has 5 heteroatoms. The Morgan fingerprint density at radius 2 is 1.91 bits per heavy atom. The third kappa shape index (κ3) is 4.71. The molecule has 4 nitrogen and oxygen atoms in total. The first-order valence-electron chi connectivity index (χ1n) is 7.76. The summed E-state index contributed by atoms with van der Waals surface area (Å²) in [5.74, 6) is 0.834. The minimum absolute atomic E-state index is 0.834. The van der Waals surface area contributed by atoms with Gasteiger partial charge in [-0.25, -0.2) is 0 Å². The second-order valence-electron chi connectivity index (χ2n) is 5.46. The standard InChI is InChI=1S/C18H20ClN3O/c19-18-8-2-1-5-16(18)15-21-10-12-22(13-11-21)20-9-3-6-17-7-4-14-23-17/h1-9,14H,10-13,15H2/b6-3-,20-9-. The van der Waals surface area contributed by atoms with Gasteiger partial charge in [-0.2, -0.15) is 5.10 Å². The Bertz CT molecular complexity index is 659. The molecule has 0 spiro atoms. The van der Waals surface area contributed by atoms with Crippen LogP contribution in [0.2, 0.25) is 5.02 Å². The molecule has 1 saturated heterocycles. The van der Waals surface area contributed by atoms with Crippen LogP contribution in [0.3, 0.4) is 0 Å². The Balaban J connectivity index is 1.44. The van der Waals surface area contributed by atoms with Crippen LogP contribution in [-0.4, -0.2) is 42.3 Å². The van der Waals surface area contributed by atoms with Crippen molar-refractivity contribution in [3.05, 3.63) is 65.1 Å². The van der Waals surface area contributed by atoms with Gasteiger partial charge in [-0.05, 0) is 35.9 Å². The molecule has 2 heterocycles. The lowest BCUT2D eigenvalue weighted by Crippen LogP contribution is -2.43. The smallest absolute Gasteiger partial charge is 0.126 e. The molecule has 1 aliphatic rings. The molecule has 1 fully saturated rings. The summed E-state index contributed by atoms with van der Waals surface area (Å²) in [4.78, 5) is 2.41. The van der Waals surface area contributed by atoms with E-state index >= 15 is 0 Å². The topological polar surface area (TPSA) is 32.0 Å². The van der Waals surface area contributed by atoms with E-state index in [-0.39, 0.29) is 0 Å². The van der Waals surface area contributed by atoms with Crippen molar-refractivity contribution in [2.45, 2.75) is 6.54 Å². The number of hydrazone groups is 1. The summed E-state index contributed by atoms with van der Waals surface area (Å²) in [6, 6.07) is 11.8. The summed E-state index contributed by atoms with van der Waals surface area (Å²) in [6.07, 6.45) is 7.27. The van der Waals surface area contributed by atoms with Crippen molar-refractivity contribution in [2.75, 3.05) is 26.2 Å². The highest BCUT2D eigenvalue weighted by Gasteiger charge is 2.15. The minimum atomic E-state index is 0.834. The molecule has 3 rings (SSSR count). The van der Waals surface area contributed by atoms with Crippen LogP contribution in [0, 0.1) is 0 Å². The number of nitrogens with zero attached hydrogens (tertiary/aromatic N) is 3. The Hall–Kier alpha value is -2.04. The van der Waals surface area contributed by atoms with Crippen LogP contribution < -0.4 is 0 Å². The van der Waals surface area contributed by atoms with E-state index in [9.17, 15) is 0 Å². The van der Waals surface area contributed by atoms with E-state index in [1.54, 1.807) is 6.26 Å². The minimum Gasteiger partial charge on any atom is -0.465 e. The van der Waals surface area contributed by atoms with Crippen molar-refractivity contribution in [1.29, 1.82) is 0 Å². The highest BCUT2D eigenvalue weighted by atomic mass is 35.5. The monoisotopic (exact) mass is 329 g/mol. The molecular weight excluding hydrogens is 310 g/mol. The van der Waals surface area contributed by atoms with Gasteiger partial charge in [0.15, 0.2) is 0 Å². The van der Waals surface area contributed by atoms with E-state index < -0.39 is 0 Å². The van der Waals surface area contributed by atoms with Crippen LogP contribution >= 0.6 is 11.6 Å². The van der Waals surface area contributed by atoms with E-state index in [4.69, 9.17) is 16.0 Å². The highest BCUT2D eigenvalue weighted by molar-refractivity contribution is 6.31. The number of hydrogen-bond donors (Lipinski definition) is 0. The quantitative estimate of drug-likeness (QED) is 0.783. The molecule has 0 bridgehead atoms. The Kier molecular flexibility index (Phi) is 5.51. The SMILES string of the molecule is Clc1ccccc1CN1CCN(/N=C\C=C/c2ccco2)CC1. The van der Waals surface area contributed by atoms with Gasteiger partial charge in [-0.15, -0.1) is 0 Å². The summed E-state index contributed by atoms with van der Waals surface area (Å²) < 4.78 is 5.23. The lowest BCUT2D eigenvalue weighted by atomic mass is 10.2. The van der Waals surface area contributed by atoms with Gasteiger partial charge in [0.1, 0.15) is 5.76 Å². The zero-order chi connectivity index (χ0) is 15.9. The van der Waals surface area contributed by atoms with Gasteiger partial charge < -0.3 is 4.42 Å². The summed E-state index contributed by atoms with van der Waals surface area (Å²) in [7, 11) is 0. The van der Waals surface area contributed by atoms with Crippen LogP contribution in [0.25, 0.3) is 6.08 Å². The van der Waals surface area contributed by atoms with Gasteiger partial charge in [0.2, 0.25) is 0 Å². The fraction of sp³-hybridized carbons (Fsp3) is 0.278. The number of piperazine rings is 1. The van der Waals surface area contributed by atoms with Gasteiger partial charge >= 0.3 is 0 Å². The van der Waals surface area contributed by atoms with Crippen molar-refractivity contribution in [3.63, 3.8) is 0 Å². The van der Waals surface area contributed by atoms with Crippen LogP contribution in [0.5, 0.6) is 0 Å². The Morgan fingerprint density at radius 3 is 2.65 bits per heavy atom. The van der Waals surface area contributed by atoms with Gasteiger partial charge in [-0.1, -0.05) is 29.8 Å². The first kappa shape index (κ1) is 15.8. The molecule has 0 amide bonds. The summed E-state index contributed by atoms with van der Waals surface area (Å²) >= 11 is 6.22. The fourth-order valence-electron chi connectivity index (χ4n) is 2.54. The molecule has 0 N–H and O–H groups in total. The molecule has 0 aliphatic carbocycles. The van der Waals surface area contributed by atoms with Crippen LogP contribution in [-0.2, 0) is 6.54 Å². The predicted octanol–water partition coefficient (Wildman–Crippen LogP) is 3.75. The number of hydrogen-bond acceptors (Lipinski definition) is 4. The van der Waals surface area contributed by atoms with Crippen LogP contribution in [0.15, 0.2) is 58.3 Å². The van der Waals surface area contributed by atoms with E-state index in [0.717, 1.165) is 43.5 Å². The summed E-state index contributed by atoms with van der Waals surface area (Å²) in [6.45, 7) is 4.73. The van der Waals surface area contributed by atoms with Gasteiger partial charge in [0.25, 0.3) is 0 Å². The Morgan fingerprint density at radius 1 is 1.09 bits per heavy atom. The zero-order valence-electron chi connectivity index (χ0n) is 12.9. The van der Waals surface area contributed by atoms with E-state index in [2.05, 4.69) is 21.1 Å². The number of halogens is 1. The zero-order valence-corrected chi connectivity index (χ0v) is 13.7. The normalized spacial score (nSPS) is 16.7. The van der Waals surface area contributed by atoms with E-state index in [1.165, 1.54) is 5.56 Å². The third-order valence-electron chi connectivity index (χ3n) is 3.82. The Labute approximate surface area is 141 Å². The van der Waals surface area contributed by atoms with Crippen molar-refractivity contribution < 1.29 is 4.42 Å². The van der Waals surface area contributed by atoms with Crippen LogP contribution in [0.1, 0.15) is 11.3 Å². The number of allylic oxidation sites excluding steroid dienone is 1. The second-order valence-corrected chi connectivity index (χ2v) is 5.87. The maximum Gasteiger partial charge on any atom is 0.126 e. The van der Waals surface area contributed by atoms with Gasteiger partial charge in [-0.3, -0.25) is 9.91 Å². The number of rotatable bonds is 5. The van der Waals surface area contributed by atoms with Crippen molar-refractivity contribution >= 4 is 23.9 Å². The van der Waals surface area contributed by atoms with Crippen molar-refractivity contribution in [2.24, 2.45) is 5.10 Å². The van der Waals surface area contributed by atoms with E-state index in [1.807, 2.05) is 48.7 Å². The lowest BCUT2D eigenvalue weighted by molar-refractivity contribution is 0.131. The molecule has 0 radical (unpaired) electrons. The molecule has 2 aromatic rings. The first-order chi connectivity index (χ1) is 11.3. The first-order valence-corrected chi connectivity index (χ1v) is 8.14. The largest absolute Gasteiger partial charge is 0.465 e. The van der Waals surface area contributed by atoms with Gasteiger partial charge in [0.05, 0.1) is 6.26 Å². The summed E-state index contributed by atoms with van der Waals surface area (Å²) in [5.41, 5.74) is 1.19. The predicted molar refractivity (Wildman–Crippen MR) is 94.5 cm³/mol. The second kappa shape index (κ2) is 7.99.